The number of fused-ring (bicyclic) bond motifs is 4. The van der Waals surface area contributed by atoms with Crippen LogP contribution in [-0.4, -0.2) is 99.9 Å². The second kappa shape index (κ2) is 10.7. The lowest BCUT2D eigenvalue weighted by molar-refractivity contribution is -0.183. The summed E-state index contributed by atoms with van der Waals surface area (Å²) in [6.45, 7) is -9.66. The number of pyridine rings is 1. The summed E-state index contributed by atoms with van der Waals surface area (Å²) < 4.78 is 60.1. The molecule has 4 bridgehead atoms. The molecule has 46 heavy (non-hydrogen) atoms. The number of imidazole rings is 2. The van der Waals surface area contributed by atoms with Gasteiger partial charge >= 0.3 is 13.4 Å². The van der Waals surface area contributed by atoms with Crippen LogP contribution in [0.4, 0.5) is 16.0 Å². The molecule has 0 spiro atoms. The summed E-state index contributed by atoms with van der Waals surface area (Å²) in [5, 5.41) is 0. The molecule has 8 heterocycles. The first-order chi connectivity index (χ1) is 21.8. The van der Waals surface area contributed by atoms with Gasteiger partial charge in [-0.1, -0.05) is 0 Å². The van der Waals surface area contributed by atoms with Crippen molar-refractivity contribution in [1.29, 1.82) is 0 Å². The second-order valence-electron chi connectivity index (χ2n) is 11.0. The van der Waals surface area contributed by atoms with Gasteiger partial charge in [-0.25, -0.2) is 19.3 Å². The Bertz CT molecular complexity index is 2030. The number of rotatable bonds is 2. The molecule has 0 aromatic carbocycles. The van der Waals surface area contributed by atoms with Gasteiger partial charge in [0.15, 0.2) is 35.4 Å². The van der Waals surface area contributed by atoms with Crippen LogP contribution in [0.3, 0.4) is 0 Å². The molecule has 4 aromatic rings. The zero-order valence-electron chi connectivity index (χ0n) is 23.1. The van der Waals surface area contributed by atoms with Gasteiger partial charge in [-0.2, -0.15) is 4.98 Å². The predicted molar refractivity (Wildman–Crippen MR) is 161 cm³/mol. The monoisotopic (exact) mass is 719 g/mol. The molecule has 8 rings (SSSR count). The number of aromatic nitrogens is 7. The van der Waals surface area contributed by atoms with E-state index in [0.717, 1.165) is 0 Å². The fraction of sp³-hybridized carbons (Fsp3) is 0.500. The third-order valence-corrected chi connectivity index (χ3v) is 11.2. The molecule has 10 atom stereocenters. The molecule has 4 saturated heterocycles. The first kappa shape index (κ1) is 30.8. The highest BCUT2D eigenvalue weighted by Gasteiger charge is 2.65. The van der Waals surface area contributed by atoms with Crippen molar-refractivity contribution in [2.24, 2.45) is 0 Å². The quantitative estimate of drug-likeness (QED) is 0.169. The Labute approximate surface area is 266 Å². The van der Waals surface area contributed by atoms with Gasteiger partial charge in [0.05, 0.1) is 38.2 Å². The Morgan fingerprint density at radius 1 is 1.00 bits per heavy atom. The van der Waals surface area contributed by atoms with E-state index in [0.29, 0.717) is 16.9 Å². The number of nitrogens with zero attached hydrogens (tertiary/aromatic N) is 6. The minimum absolute atomic E-state index is 0.0537. The van der Waals surface area contributed by atoms with Crippen molar-refractivity contribution in [2.45, 2.75) is 48.6 Å². The van der Waals surface area contributed by atoms with Gasteiger partial charge in [0.2, 0.25) is 5.95 Å². The van der Waals surface area contributed by atoms with Gasteiger partial charge in [0, 0.05) is 6.20 Å². The number of hydrogen-bond acceptors (Lipinski definition) is 16. The standard InChI is InChI=1S/C22H24FN9O10P2S2/c23-10-9-3-37-43(34,45)42-15-14-20(31-6-27-11-8(24)1-2-26-16(11)31)40-22(15,4-36-14)5-38-44(35,46)41-13(10)19(39-9)32-7-28-12-17(32)29-21(25)30-18(12)33/h1-2,6-7,9-10,13-15,19-20H,3-5H2,(H2,24,26)(H,34,45)(H,35,46)(H3,25,29,30,33)/t9-,10-,13+,14-,15+,19-,20-,22-,43?,44?/m1/s1. The lowest BCUT2D eigenvalue weighted by Gasteiger charge is -2.33. The van der Waals surface area contributed by atoms with E-state index in [4.69, 9.17) is 67.4 Å². The van der Waals surface area contributed by atoms with Gasteiger partial charge in [-0.15, -0.1) is 0 Å². The molecule has 0 radical (unpaired) electrons. The molecule has 4 aliphatic rings. The van der Waals surface area contributed by atoms with E-state index < -0.39 is 80.9 Å². The van der Waals surface area contributed by atoms with Gasteiger partial charge in [0.1, 0.15) is 35.5 Å². The molecule has 4 fully saturated rings. The van der Waals surface area contributed by atoms with E-state index in [9.17, 15) is 14.6 Å². The maximum absolute atomic E-state index is 16.0. The van der Waals surface area contributed by atoms with Crippen LogP contribution in [0.25, 0.3) is 22.3 Å². The number of H-pyrrole nitrogens is 1. The van der Waals surface area contributed by atoms with E-state index in [1.807, 2.05) is 0 Å². The number of halogens is 1. The number of nitrogens with one attached hydrogen (secondary N) is 1. The average molecular weight is 720 g/mol. The second-order valence-corrected chi connectivity index (χ2v) is 16.5. The molecule has 2 unspecified atom stereocenters. The van der Waals surface area contributed by atoms with Crippen LogP contribution in [0.1, 0.15) is 12.5 Å². The van der Waals surface area contributed by atoms with Crippen LogP contribution >= 0.6 is 13.4 Å². The maximum atomic E-state index is 16.0. The van der Waals surface area contributed by atoms with Gasteiger partial charge in [0.25, 0.3) is 5.56 Å². The van der Waals surface area contributed by atoms with Crippen molar-refractivity contribution in [2.75, 3.05) is 31.3 Å². The largest absolute Gasteiger partial charge is 0.397 e. The lowest BCUT2D eigenvalue weighted by atomic mass is 10.0. The van der Waals surface area contributed by atoms with E-state index in [-0.39, 0.29) is 23.7 Å². The van der Waals surface area contributed by atoms with Crippen LogP contribution in [0, 0.1) is 0 Å². The van der Waals surface area contributed by atoms with Crippen molar-refractivity contribution in [3.63, 3.8) is 0 Å². The number of nitrogens with two attached hydrogens (primary N) is 2. The van der Waals surface area contributed by atoms with E-state index in [1.54, 1.807) is 10.6 Å². The Balaban J connectivity index is 1.14. The summed E-state index contributed by atoms with van der Waals surface area (Å²) in [6, 6.07) is 1.60. The highest BCUT2D eigenvalue weighted by molar-refractivity contribution is 8.07. The highest BCUT2D eigenvalue weighted by atomic mass is 32.5. The summed E-state index contributed by atoms with van der Waals surface area (Å²) in [5.41, 5.74) is 10.7. The van der Waals surface area contributed by atoms with Crippen molar-refractivity contribution >= 4 is 71.0 Å². The Morgan fingerprint density at radius 2 is 1.74 bits per heavy atom. The lowest BCUT2D eigenvalue weighted by Crippen LogP contribution is -2.45. The molecule has 19 nitrogen and oxygen atoms in total. The van der Waals surface area contributed by atoms with Crippen molar-refractivity contribution < 1.29 is 46.5 Å². The van der Waals surface area contributed by atoms with E-state index >= 15 is 4.39 Å². The summed E-state index contributed by atoms with van der Waals surface area (Å²) in [7, 11) is 0. The highest BCUT2D eigenvalue weighted by Crippen LogP contribution is 2.58. The number of nitrogen functional groups attached to an aromatic ring is 2. The topological polar surface area (TPSA) is 251 Å². The molecule has 0 aliphatic carbocycles. The fourth-order valence-electron chi connectivity index (χ4n) is 6.03. The zero-order chi connectivity index (χ0) is 32.2. The number of alkyl halides is 1. The third-order valence-electron chi connectivity index (χ3n) is 8.10. The van der Waals surface area contributed by atoms with Gasteiger partial charge in [-0.05, 0) is 29.7 Å². The zero-order valence-corrected chi connectivity index (χ0v) is 26.5. The summed E-state index contributed by atoms with van der Waals surface area (Å²) in [5.74, 6) is -0.231. The van der Waals surface area contributed by atoms with Crippen molar-refractivity contribution in [1.82, 2.24) is 34.1 Å². The Morgan fingerprint density at radius 3 is 2.54 bits per heavy atom. The summed E-state index contributed by atoms with van der Waals surface area (Å²) >= 11 is 10.6. The molecule has 0 amide bonds. The first-order valence-corrected chi connectivity index (χ1v) is 18.7. The average Bonchev–Trinajstić information content (AvgIpc) is 3.80. The molecule has 0 saturated carbocycles. The van der Waals surface area contributed by atoms with E-state index in [1.165, 1.54) is 23.4 Å². The SMILES string of the molecule is Nc1nc2c(ncn2[C@@H]2O[C@@H]3COP(O)(=S)O[C@H]4[C@H]5OC[C@]4(COP(O)(=S)O[C@H]2[C@@H]3F)O[C@H]5n2cnc3c(N)ccnc32)c(=O)[nH]1. The van der Waals surface area contributed by atoms with Crippen molar-refractivity contribution in [3.05, 3.63) is 35.3 Å². The van der Waals surface area contributed by atoms with Gasteiger partial charge < -0.3 is 44.5 Å². The van der Waals surface area contributed by atoms with Crippen LogP contribution in [0.2, 0.25) is 0 Å². The first-order valence-electron chi connectivity index (χ1n) is 13.5. The smallest absolute Gasteiger partial charge is 0.325 e. The fourth-order valence-corrected chi connectivity index (χ4v) is 8.91. The Kier molecular flexibility index (Phi) is 7.17. The number of ether oxygens (including phenoxy) is 3. The van der Waals surface area contributed by atoms with Gasteiger partial charge in [-0.3, -0.25) is 28.0 Å². The molecule has 246 valence electrons. The molecule has 7 N–H and O–H groups in total. The predicted octanol–water partition coefficient (Wildman–Crippen LogP) is -0.118. The van der Waals surface area contributed by atoms with Crippen LogP contribution in [0.15, 0.2) is 29.7 Å². The Hall–Kier alpha value is -2.56. The van der Waals surface area contributed by atoms with E-state index in [2.05, 4.69) is 24.9 Å². The number of anilines is 2. The minimum Gasteiger partial charge on any atom is -0.397 e. The molecular formula is C22H24FN9O10P2S2. The summed E-state index contributed by atoms with van der Waals surface area (Å²) in [6.07, 6.45) is -5.25. The van der Waals surface area contributed by atoms with Crippen LogP contribution in [0.5, 0.6) is 0 Å². The number of aromatic amines is 1. The van der Waals surface area contributed by atoms with Crippen LogP contribution in [-0.2, 0) is 55.9 Å². The van der Waals surface area contributed by atoms with Crippen molar-refractivity contribution in [3.8, 4) is 0 Å². The molecule has 4 aliphatic heterocycles. The third kappa shape index (κ3) is 4.91. The minimum atomic E-state index is -4.29. The molecule has 4 aromatic heterocycles. The molecular weight excluding hydrogens is 695 g/mol. The normalized spacial score (nSPS) is 39.7. The van der Waals surface area contributed by atoms with Crippen LogP contribution < -0.4 is 17.0 Å². The molecule has 24 heteroatoms. The maximum Gasteiger partial charge on any atom is 0.325 e. The number of hydrogen-bond donors (Lipinski definition) is 5. The summed E-state index contributed by atoms with van der Waals surface area (Å²) in [4.78, 5) is 53.8.